The average molecular weight is 294 g/mol. The number of benzene rings is 1. The summed E-state index contributed by atoms with van der Waals surface area (Å²) in [6.45, 7) is 1.20. The van der Waals surface area contributed by atoms with Crippen molar-refractivity contribution in [2.24, 2.45) is 5.92 Å². The minimum absolute atomic E-state index is 0.0204. The van der Waals surface area contributed by atoms with Gasteiger partial charge in [0.05, 0.1) is 0 Å². The summed E-state index contributed by atoms with van der Waals surface area (Å²) in [6, 6.07) is 12.7. The molecule has 2 aromatic rings. The molecule has 0 radical (unpaired) electrons. The van der Waals surface area contributed by atoms with E-state index in [1.807, 2.05) is 30.3 Å². The first-order chi connectivity index (χ1) is 10.8. The van der Waals surface area contributed by atoms with Crippen LogP contribution in [0.2, 0.25) is 0 Å². The van der Waals surface area contributed by atoms with Gasteiger partial charge in [0.25, 0.3) is 5.91 Å². The second-order valence-electron chi connectivity index (χ2n) is 5.56. The Hall–Kier alpha value is -2.49. The van der Waals surface area contributed by atoms with Crippen LogP contribution in [0.25, 0.3) is 0 Å². The van der Waals surface area contributed by atoms with E-state index in [0.717, 1.165) is 18.4 Å². The van der Waals surface area contributed by atoms with Gasteiger partial charge >= 0.3 is 0 Å². The van der Waals surface area contributed by atoms with Gasteiger partial charge < -0.3 is 4.90 Å². The van der Waals surface area contributed by atoms with Crippen molar-refractivity contribution in [1.29, 1.82) is 0 Å². The normalized spacial score (nSPS) is 18.0. The first kappa shape index (κ1) is 14.4. The van der Waals surface area contributed by atoms with E-state index >= 15 is 0 Å². The standard InChI is InChI=1S/C18H18N2O2/c21-17(14-5-2-1-3-6-14)16-7-4-12-20(13-16)18(22)15-8-10-19-11-9-15/h1-3,5-6,8-11,16H,4,7,12-13H2. The maximum Gasteiger partial charge on any atom is 0.253 e. The first-order valence-electron chi connectivity index (χ1n) is 7.54. The van der Waals surface area contributed by atoms with Gasteiger partial charge in [-0.15, -0.1) is 0 Å². The lowest BCUT2D eigenvalue weighted by molar-refractivity contribution is 0.0637. The van der Waals surface area contributed by atoms with Gasteiger partial charge in [-0.05, 0) is 25.0 Å². The third-order valence-electron chi connectivity index (χ3n) is 4.06. The van der Waals surface area contributed by atoms with Crippen LogP contribution in [0.5, 0.6) is 0 Å². The number of amides is 1. The lowest BCUT2D eigenvalue weighted by Crippen LogP contribution is -2.42. The molecule has 0 N–H and O–H groups in total. The number of ketones is 1. The number of Topliss-reactive ketones (excluding diaryl/α,β-unsaturated/α-hetero) is 1. The Labute approximate surface area is 129 Å². The van der Waals surface area contributed by atoms with Gasteiger partial charge in [0.2, 0.25) is 0 Å². The molecule has 0 spiro atoms. The van der Waals surface area contributed by atoms with Crippen molar-refractivity contribution < 1.29 is 9.59 Å². The minimum atomic E-state index is -0.109. The Morgan fingerprint density at radius 3 is 2.45 bits per heavy atom. The zero-order valence-corrected chi connectivity index (χ0v) is 12.3. The Morgan fingerprint density at radius 1 is 1.00 bits per heavy atom. The predicted molar refractivity (Wildman–Crippen MR) is 83.6 cm³/mol. The highest BCUT2D eigenvalue weighted by molar-refractivity contribution is 5.99. The molecule has 0 bridgehead atoms. The monoisotopic (exact) mass is 294 g/mol. The second-order valence-corrected chi connectivity index (χ2v) is 5.56. The van der Waals surface area contributed by atoms with Gasteiger partial charge in [-0.3, -0.25) is 14.6 Å². The highest BCUT2D eigenvalue weighted by Crippen LogP contribution is 2.22. The predicted octanol–water partition coefficient (Wildman–Crippen LogP) is 2.82. The number of likely N-dealkylation sites (tertiary alicyclic amines) is 1. The number of piperidine rings is 1. The first-order valence-corrected chi connectivity index (χ1v) is 7.54. The fourth-order valence-electron chi connectivity index (χ4n) is 2.89. The molecule has 0 saturated carbocycles. The lowest BCUT2D eigenvalue weighted by Gasteiger charge is -2.32. The molecular formula is C18H18N2O2. The Bertz CT molecular complexity index is 598. The van der Waals surface area contributed by atoms with Crippen molar-refractivity contribution >= 4 is 11.7 Å². The van der Waals surface area contributed by atoms with Crippen molar-refractivity contribution in [3.05, 3.63) is 66.0 Å². The van der Waals surface area contributed by atoms with Gasteiger partial charge in [-0.1, -0.05) is 30.3 Å². The van der Waals surface area contributed by atoms with Crippen LogP contribution in [0, 0.1) is 5.92 Å². The molecule has 1 unspecified atom stereocenters. The molecule has 0 aliphatic carbocycles. The molecule has 3 rings (SSSR count). The molecule has 1 aliphatic rings. The fraction of sp³-hybridized carbons (Fsp3) is 0.278. The topological polar surface area (TPSA) is 50.3 Å². The van der Waals surface area contributed by atoms with Crippen molar-refractivity contribution in [3.8, 4) is 0 Å². The third-order valence-corrected chi connectivity index (χ3v) is 4.06. The van der Waals surface area contributed by atoms with Crippen LogP contribution in [0.4, 0.5) is 0 Å². The molecule has 1 aromatic heterocycles. The zero-order chi connectivity index (χ0) is 15.4. The number of nitrogens with zero attached hydrogens (tertiary/aromatic N) is 2. The lowest BCUT2D eigenvalue weighted by atomic mass is 9.90. The maximum absolute atomic E-state index is 12.6. The van der Waals surface area contributed by atoms with Gasteiger partial charge in [0.1, 0.15) is 0 Å². The number of hydrogen-bond donors (Lipinski definition) is 0. The van der Waals surface area contributed by atoms with E-state index in [9.17, 15) is 9.59 Å². The summed E-state index contributed by atoms with van der Waals surface area (Å²) in [6.07, 6.45) is 4.93. The summed E-state index contributed by atoms with van der Waals surface area (Å²) >= 11 is 0. The van der Waals surface area contributed by atoms with E-state index in [-0.39, 0.29) is 17.6 Å². The number of aromatic nitrogens is 1. The van der Waals surface area contributed by atoms with Crippen LogP contribution in [0.1, 0.15) is 33.6 Å². The molecule has 1 aromatic carbocycles. The Morgan fingerprint density at radius 2 is 1.73 bits per heavy atom. The van der Waals surface area contributed by atoms with Crippen LogP contribution in [-0.2, 0) is 0 Å². The van der Waals surface area contributed by atoms with Gasteiger partial charge in [0.15, 0.2) is 5.78 Å². The van der Waals surface area contributed by atoms with Gasteiger partial charge in [-0.25, -0.2) is 0 Å². The number of hydrogen-bond acceptors (Lipinski definition) is 3. The smallest absolute Gasteiger partial charge is 0.253 e. The fourth-order valence-corrected chi connectivity index (χ4v) is 2.89. The van der Waals surface area contributed by atoms with Crippen LogP contribution >= 0.6 is 0 Å². The zero-order valence-electron chi connectivity index (χ0n) is 12.3. The van der Waals surface area contributed by atoms with E-state index in [0.29, 0.717) is 18.7 Å². The number of rotatable bonds is 3. The summed E-state index contributed by atoms with van der Waals surface area (Å²) in [4.78, 5) is 30.8. The van der Waals surface area contributed by atoms with Crippen molar-refractivity contribution in [1.82, 2.24) is 9.88 Å². The van der Waals surface area contributed by atoms with Crippen LogP contribution in [-0.4, -0.2) is 34.7 Å². The SMILES string of the molecule is O=C(c1ccccc1)C1CCCN(C(=O)c2ccncc2)C1. The highest BCUT2D eigenvalue weighted by Gasteiger charge is 2.29. The second kappa shape index (κ2) is 6.52. The minimum Gasteiger partial charge on any atom is -0.338 e. The van der Waals surface area contributed by atoms with Gasteiger partial charge in [0, 0.05) is 42.5 Å². The molecule has 1 atom stereocenters. The van der Waals surface area contributed by atoms with Crippen LogP contribution < -0.4 is 0 Å². The third kappa shape index (κ3) is 3.06. The van der Waals surface area contributed by atoms with Crippen molar-refractivity contribution in [2.75, 3.05) is 13.1 Å². The molecular weight excluding hydrogens is 276 g/mol. The Kier molecular flexibility index (Phi) is 4.28. The molecule has 4 nitrogen and oxygen atoms in total. The summed E-state index contributed by atoms with van der Waals surface area (Å²) in [7, 11) is 0. The van der Waals surface area contributed by atoms with Crippen molar-refractivity contribution in [2.45, 2.75) is 12.8 Å². The van der Waals surface area contributed by atoms with Crippen LogP contribution in [0.3, 0.4) is 0 Å². The number of pyridine rings is 1. The molecule has 1 saturated heterocycles. The summed E-state index contributed by atoms with van der Waals surface area (Å²) in [5.74, 6) is 0.00253. The quantitative estimate of drug-likeness (QED) is 0.818. The number of carbonyl (C=O) groups is 2. The molecule has 1 fully saturated rings. The van der Waals surface area contributed by atoms with Crippen LogP contribution in [0.15, 0.2) is 54.9 Å². The highest BCUT2D eigenvalue weighted by atomic mass is 16.2. The summed E-state index contributed by atoms with van der Waals surface area (Å²) < 4.78 is 0. The van der Waals surface area contributed by atoms with E-state index < -0.39 is 0 Å². The van der Waals surface area contributed by atoms with E-state index in [1.54, 1.807) is 29.4 Å². The number of carbonyl (C=O) groups excluding carboxylic acids is 2. The van der Waals surface area contributed by atoms with E-state index in [1.165, 1.54) is 0 Å². The summed E-state index contributed by atoms with van der Waals surface area (Å²) in [5, 5.41) is 0. The van der Waals surface area contributed by atoms with Gasteiger partial charge in [-0.2, -0.15) is 0 Å². The molecule has 1 aliphatic heterocycles. The molecule has 1 amide bonds. The largest absolute Gasteiger partial charge is 0.338 e. The maximum atomic E-state index is 12.6. The van der Waals surface area contributed by atoms with E-state index in [4.69, 9.17) is 0 Å². The van der Waals surface area contributed by atoms with Crippen molar-refractivity contribution in [3.63, 3.8) is 0 Å². The molecule has 22 heavy (non-hydrogen) atoms. The molecule has 4 heteroatoms. The average Bonchev–Trinajstić information content (AvgIpc) is 2.62. The summed E-state index contributed by atoms with van der Waals surface area (Å²) in [5.41, 5.74) is 1.36. The Balaban J connectivity index is 1.72. The molecule has 112 valence electrons. The van der Waals surface area contributed by atoms with E-state index in [2.05, 4.69) is 4.98 Å². The molecule has 2 heterocycles.